The van der Waals surface area contributed by atoms with E-state index in [-0.39, 0.29) is 37.1 Å². The van der Waals surface area contributed by atoms with Crippen molar-refractivity contribution in [2.24, 2.45) is 11.8 Å². The number of fused-ring (bicyclic) bond motifs is 1. The molecule has 1 aromatic rings. The second kappa shape index (κ2) is 9.53. The Labute approximate surface area is 183 Å². The minimum absolute atomic E-state index is 0.0250. The number of likely N-dealkylation sites (tertiary alicyclic amines) is 1. The number of rotatable bonds is 9. The summed E-state index contributed by atoms with van der Waals surface area (Å²) in [7, 11) is 0. The highest BCUT2D eigenvalue weighted by Gasteiger charge is 2.47. The molecule has 2 aliphatic heterocycles. The first kappa shape index (κ1) is 23.5. The Kier molecular flexibility index (Phi) is 6.99. The number of hydrogen-bond donors (Lipinski definition) is 2. The third-order valence-corrected chi connectivity index (χ3v) is 5.74. The molecule has 1 aromatic carbocycles. The van der Waals surface area contributed by atoms with Crippen molar-refractivity contribution in [1.29, 1.82) is 0 Å². The fraction of sp³-hybridized carbons (Fsp3) is 0.476. The predicted octanol–water partition coefficient (Wildman–Crippen LogP) is 0.316. The number of nitrogens with zero attached hydrogens (tertiary/aromatic N) is 3. The molecule has 0 radical (unpaired) electrons. The number of amides is 4. The zero-order chi connectivity index (χ0) is 23.6. The number of hydrazine groups is 1. The first-order valence-corrected chi connectivity index (χ1v) is 10.2. The van der Waals surface area contributed by atoms with E-state index >= 15 is 0 Å². The summed E-state index contributed by atoms with van der Waals surface area (Å²) in [5.41, 5.74) is 0.151. The molecule has 2 aliphatic rings. The van der Waals surface area contributed by atoms with Gasteiger partial charge in [-0.25, -0.2) is 5.01 Å². The molecule has 0 aromatic heterocycles. The molecular formula is C21H24FN3O7. The van der Waals surface area contributed by atoms with Gasteiger partial charge in [-0.3, -0.25) is 33.3 Å². The van der Waals surface area contributed by atoms with Gasteiger partial charge >= 0.3 is 5.97 Å². The van der Waals surface area contributed by atoms with E-state index in [0.717, 1.165) is 9.91 Å². The van der Waals surface area contributed by atoms with E-state index in [0.29, 0.717) is 5.01 Å². The number of imide groups is 2. The van der Waals surface area contributed by atoms with E-state index < -0.39 is 60.8 Å². The van der Waals surface area contributed by atoms with Crippen LogP contribution in [0.15, 0.2) is 24.3 Å². The molecule has 3 atom stereocenters. The number of halogens is 1. The first-order chi connectivity index (χ1) is 15.2. The highest BCUT2D eigenvalue weighted by molar-refractivity contribution is 6.21. The lowest BCUT2D eigenvalue weighted by Crippen LogP contribution is -2.60. The quantitative estimate of drug-likeness (QED) is 0.515. The SMILES string of the molecule is CC(CF)[C@@H](C(=O)O)N(CC1CCC(=O)N(CCO)C1=O)N1C(=O)c2ccccc2C1=O. The van der Waals surface area contributed by atoms with E-state index in [4.69, 9.17) is 5.11 Å². The van der Waals surface area contributed by atoms with Crippen molar-refractivity contribution >= 4 is 29.6 Å². The minimum atomic E-state index is -1.61. The van der Waals surface area contributed by atoms with Gasteiger partial charge in [-0.2, -0.15) is 5.01 Å². The molecule has 4 amide bonds. The lowest BCUT2D eigenvalue weighted by Gasteiger charge is -2.40. The Morgan fingerprint density at radius 1 is 1.19 bits per heavy atom. The molecule has 32 heavy (non-hydrogen) atoms. The van der Waals surface area contributed by atoms with Gasteiger partial charge in [0.05, 0.1) is 36.9 Å². The van der Waals surface area contributed by atoms with Crippen LogP contribution in [0.5, 0.6) is 0 Å². The summed E-state index contributed by atoms with van der Waals surface area (Å²) in [6.07, 6.45) is 0.0401. The van der Waals surface area contributed by atoms with Gasteiger partial charge in [0.25, 0.3) is 11.8 Å². The van der Waals surface area contributed by atoms with Crippen molar-refractivity contribution in [2.45, 2.75) is 25.8 Å². The Morgan fingerprint density at radius 3 is 2.28 bits per heavy atom. The number of carbonyl (C=O) groups is 5. The van der Waals surface area contributed by atoms with Crippen LogP contribution in [0.3, 0.4) is 0 Å². The largest absolute Gasteiger partial charge is 0.480 e. The third-order valence-electron chi connectivity index (χ3n) is 5.74. The average Bonchev–Trinajstić information content (AvgIpc) is 3.02. The predicted molar refractivity (Wildman–Crippen MR) is 107 cm³/mol. The van der Waals surface area contributed by atoms with Gasteiger partial charge in [-0.05, 0) is 18.6 Å². The maximum Gasteiger partial charge on any atom is 0.323 e. The van der Waals surface area contributed by atoms with Crippen LogP contribution in [-0.2, 0) is 14.4 Å². The molecule has 3 rings (SSSR count). The molecule has 172 valence electrons. The van der Waals surface area contributed by atoms with Gasteiger partial charge in [0, 0.05) is 18.9 Å². The number of aliphatic hydroxyl groups is 1. The maximum absolute atomic E-state index is 13.5. The molecule has 0 bridgehead atoms. The van der Waals surface area contributed by atoms with Crippen molar-refractivity contribution in [3.8, 4) is 0 Å². The van der Waals surface area contributed by atoms with Crippen LogP contribution in [0.1, 0.15) is 40.5 Å². The van der Waals surface area contributed by atoms with Gasteiger partial charge in [0.2, 0.25) is 11.8 Å². The number of alkyl halides is 1. The topological polar surface area (TPSA) is 136 Å². The Hall–Kier alpha value is -3.18. The molecule has 0 spiro atoms. The van der Waals surface area contributed by atoms with Gasteiger partial charge in [0.15, 0.2) is 0 Å². The van der Waals surface area contributed by atoms with Crippen LogP contribution in [-0.4, -0.2) is 87.1 Å². The molecule has 2 unspecified atom stereocenters. The molecule has 1 saturated heterocycles. The zero-order valence-electron chi connectivity index (χ0n) is 17.4. The van der Waals surface area contributed by atoms with E-state index in [2.05, 4.69) is 0 Å². The summed E-state index contributed by atoms with van der Waals surface area (Å²) in [5, 5.41) is 20.6. The molecule has 1 fully saturated rings. The summed E-state index contributed by atoms with van der Waals surface area (Å²) in [6.45, 7) is -0.757. The Balaban J connectivity index is 2.00. The van der Waals surface area contributed by atoms with E-state index in [1.165, 1.54) is 19.1 Å². The molecule has 11 heteroatoms. The fourth-order valence-corrected chi connectivity index (χ4v) is 4.11. The molecular weight excluding hydrogens is 425 g/mol. The van der Waals surface area contributed by atoms with Crippen LogP contribution in [0, 0.1) is 11.8 Å². The van der Waals surface area contributed by atoms with Crippen LogP contribution in [0.4, 0.5) is 4.39 Å². The summed E-state index contributed by atoms with van der Waals surface area (Å²) in [5.74, 6) is -6.15. The molecule has 10 nitrogen and oxygen atoms in total. The minimum Gasteiger partial charge on any atom is -0.480 e. The zero-order valence-corrected chi connectivity index (χ0v) is 17.4. The van der Waals surface area contributed by atoms with Crippen molar-refractivity contribution in [3.63, 3.8) is 0 Å². The van der Waals surface area contributed by atoms with Gasteiger partial charge in [-0.15, -0.1) is 0 Å². The number of carboxylic acids is 1. The van der Waals surface area contributed by atoms with E-state index in [9.17, 15) is 33.5 Å². The lowest BCUT2D eigenvalue weighted by atomic mass is 9.94. The van der Waals surface area contributed by atoms with Crippen molar-refractivity contribution in [3.05, 3.63) is 35.4 Å². The summed E-state index contributed by atoms with van der Waals surface area (Å²) >= 11 is 0. The third kappa shape index (κ3) is 4.13. The van der Waals surface area contributed by atoms with Crippen molar-refractivity contribution in [1.82, 2.24) is 14.9 Å². The first-order valence-electron chi connectivity index (χ1n) is 10.2. The summed E-state index contributed by atoms with van der Waals surface area (Å²) < 4.78 is 13.5. The van der Waals surface area contributed by atoms with E-state index in [1.54, 1.807) is 12.1 Å². The number of β-amino-alcohol motifs (C(OH)–C–C–N with tert-alkyl or cyclic N) is 1. The molecule has 0 aliphatic carbocycles. The highest BCUT2D eigenvalue weighted by atomic mass is 19.1. The average molecular weight is 449 g/mol. The monoisotopic (exact) mass is 449 g/mol. The van der Waals surface area contributed by atoms with Crippen LogP contribution in [0.25, 0.3) is 0 Å². The smallest absolute Gasteiger partial charge is 0.323 e. The van der Waals surface area contributed by atoms with Gasteiger partial charge in [-0.1, -0.05) is 19.1 Å². The van der Waals surface area contributed by atoms with Crippen molar-refractivity contribution < 1.29 is 38.6 Å². The maximum atomic E-state index is 13.5. The second-order valence-electron chi connectivity index (χ2n) is 7.85. The van der Waals surface area contributed by atoms with E-state index in [1.807, 2.05) is 0 Å². The molecule has 2 heterocycles. The Bertz CT molecular complexity index is 918. The Morgan fingerprint density at radius 2 is 1.78 bits per heavy atom. The fourth-order valence-electron chi connectivity index (χ4n) is 4.11. The second-order valence-corrected chi connectivity index (χ2v) is 7.85. The summed E-state index contributed by atoms with van der Waals surface area (Å²) in [6, 6.07) is 4.35. The van der Waals surface area contributed by atoms with Crippen LogP contribution >= 0.6 is 0 Å². The standard InChI is InChI=1S/C21H24FN3O7/c1-12(10-22)17(21(31)32)24(11-13-6-7-16(27)23(8-9-26)18(13)28)25-19(29)14-4-2-3-5-15(14)20(25)30/h2-5,12-13,17,26H,6-11H2,1H3,(H,31,32)/t12?,13?,17-/m0/s1. The normalized spacial score (nSPS) is 20.7. The van der Waals surface area contributed by atoms with Crippen molar-refractivity contribution in [2.75, 3.05) is 26.4 Å². The molecule has 2 N–H and O–H groups in total. The number of aliphatic hydroxyl groups excluding tert-OH is 1. The number of carbonyl (C=O) groups excluding carboxylic acids is 4. The number of hydrogen-bond acceptors (Lipinski definition) is 7. The number of aliphatic carboxylic acids is 1. The molecule has 0 saturated carbocycles. The van der Waals surface area contributed by atoms with Gasteiger partial charge < -0.3 is 10.2 Å². The lowest BCUT2D eigenvalue weighted by molar-refractivity contribution is -0.160. The van der Waals surface area contributed by atoms with Crippen LogP contribution < -0.4 is 0 Å². The van der Waals surface area contributed by atoms with Crippen LogP contribution in [0.2, 0.25) is 0 Å². The number of piperidine rings is 1. The number of benzene rings is 1. The highest BCUT2D eigenvalue weighted by Crippen LogP contribution is 2.30. The summed E-state index contributed by atoms with van der Waals surface area (Å²) in [4.78, 5) is 63.9. The number of carboxylic acid groups (broad SMARTS) is 1. The van der Waals surface area contributed by atoms with Gasteiger partial charge in [0.1, 0.15) is 6.04 Å².